The maximum atomic E-state index is 13.3. The molecule has 2 aliphatic heterocycles. The number of amides is 1. The predicted octanol–water partition coefficient (Wildman–Crippen LogP) is 3.37. The second kappa shape index (κ2) is 10.0. The number of carbonyl (C=O) groups excluding carboxylic acids is 1. The third kappa shape index (κ3) is 4.61. The Morgan fingerprint density at radius 1 is 1.14 bits per heavy atom. The van der Waals surface area contributed by atoms with Gasteiger partial charge in [0, 0.05) is 18.4 Å². The largest absolute Gasteiger partial charge is 0.488 e. The van der Waals surface area contributed by atoms with Gasteiger partial charge < -0.3 is 29.3 Å². The number of carbonyl (C=O) groups is 1. The first-order chi connectivity index (χ1) is 16.8. The zero-order valence-corrected chi connectivity index (χ0v) is 21.1. The fourth-order valence-electron chi connectivity index (χ4n) is 7.71. The van der Waals surface area contributed by atoms with Gasteiger partial charge in [0.05, 0.1) is 31.5 Å². The Kier molecular flexibility index (Phi) is 7.14. The lowest BCUT2D eigenvalue weighted by molar-refractivity contribution is -0.313. The average Bonchev–Trinajstić information content (AvgIpc) is 3.34. The summed E-state index contributed by atoms with van der Waals surface area (Å²) in [5.41, 5.74) is -0.327. The highest BCUT2D eigenvalue weighted by molar-refractivity contribution is 5.77. The van der Waals surface area contributed by atoms with Crippen molar-refractivity contribution in [3.8, 4) is 5.75 Å². The number of nitrogens with zero attached hydrogens (tertiary/aromatic N) is 1. The van der Waals surface area contributed by atoms with Crippen LogP contribution in [0.25, 0.3) is 0 Å². The molecule has 35 heavy (non-hydrogen) atoms. The molecule has 0 aromatic heterocycles. The Morgan fingerprint density at radius 3 is 2.71 bits per heavy atom. The Hall–Kier alpha value is -1.67. The number of benzene rings is 1. The molecule has 2 N–H and O–H groups in total. The summed E-state index contributed by atoms with van der Waals surface area (Å²) in [7, 11) is 0. The summed E-state index contributed by atoms with van der Waals surface area (Å²) in [5.74, 6) is 1.09. The molecule has 4 aliphatic rings. The molecule has 194 valence electrons. The maximum absolute atomic E-state index is 13.3. The standard InChI is InChI=1S/C28H41NO6/c1-27-13-12-24-28(2,18-34-26(35-24)17-33-20-8-4-3-5-9-20)23(27)11-10-22(31)21(27)15-25(32)29-14-6-7-19(29)16-30/h3-5,8-9,19,21-24,26,30-31H,6-7,10-18H2,1-2H3/t19-,21+,22+,23-,24-,26+,27-,28-/m0/s1. The van der Waals surface area contributed by atoms with Crippen LogP contribution in [0, 0.1) is 22.7 Å². The van der Waals surface area contributed by atoms with E-state index < -0.39 is 12.4 Å². The number of hydrogen-bond acceptors (Lipinski definition) is 6. The molecule has 5 rings (SSSR count). The van der Waals surface area contributed by atoms with E-state index in [-0.39, 0.29) is 41.4 Å². The van der Waals surface area contributed by atoms with Crippen LogP contribution >= 0.6 is 0 Å². The highest BCUT2D eigenvalue weighted by Crippen LogP contribution is 2.62. The number of hydrogen-bond donors (Lipinski definition) is 2. The number of likely N-dealkylation sites (tertiary alicyclic amines) is 1. The Bertz CT molecular complexity index is 881. The van der Waals surface area contributed by atoms with E-state index in [1.54, 1.807) is 0 Å². The first-order valence-corrected chi connectivity index (χ1v) is 13.4. The van der Waals surface area contributed by atoms with Crippen LogP contribution < -0.4 is 4.74 Å². The third-order valence-corrected chi connectivity index (χ3v) is 9.66. The van der Waals surface area contributed by atoms with Crippen molar-refractivity contribution in [3.05, 3.63) is 30.3 Å². The fourth-order valence-corrected chi connectivity index (χ4v) is 7.71. The summed E-state index contributed by atoms with van der Waals surface area (Å²) < 4.78 is 18.5. The lowest BCUT2D eigenvalue weighted by Gasteiger charge is -2.63. The monoisotopic (exact) mass is 487 g/mol. The van der Waals surface area contributed by atoms with Crippen LogP contribution in [0.3, 0.4) is 0 Å². The van der Waals surface area contributed by atoms with Crippen LogP contribution in [0.15, 0.2) is 30.3 Å². The zero-order valence-electron chi connectivity index (χ0n) is 21.1. The number of fused-ring (bicyclic) bond motifs is 3. The van der Waals surface area contributed by atoms with Gasteiger partial charge in [-0.25, -0.2) is 0 Å². The predicted molar refractivity (Wildman–Crippen MR) is 131 cm³/mol. The zero-order chi connectivity index (χ0) is 24.6. The van der Waals surface area contributed by atoms with E-state index in [4.69, 9.17) is 14.2 Å². The summed E-state index contributed by atoms with van der Waals surface area (Å²) in [6, 6.07) is 9.64. The minimum atomic E-state index is -0.479. The summed E-state index contributed by atoms with van der Waals surface area (Å²) in [5, 5.41) is 20.8. The van der Waals surface area contributed by atoms with Gasteiger partial charge >= 0.3 is 0 Å². The first-order valence-electron chi connectivity index (χ1n) is 13.4. The summed E-state index contributed by atoms with van der Waals surface area (Å²) in [6.45, 7) is 6.22. The van der Waals surface area contributed by atoms with Gasteiger partial charge in [0.2, 0.25) is 5.91 Å². The summed E-state index contributed by atoms with van der Waals surface area (Å²) >= 11 is 0. The first kappa shape index (κ1) is 25.0. The van der Waals surface area contributed by atoms with Gasteiger partial charge in [-0.05, 0) is 67.9 Å². The number of aliphatic hydroxyl groups excluding tert-OH is 2. The Balaban J connectivity index is 1.27. The van der Waals surface area contributed by atoms with Crippen molar-refractivity contribution >= 4 is 5.91 Å². The van der Waals surface area contributed by atoms with Crippen molar-refractivity contribution in [1.29, 1.82) is 0 Å². The number of aliphatic hydroxyl groups is 2. The van der Waals surface area contributed by atoms with E-state index in [1.165, 1.54) is 0 Å². The van der Waals surface area contributed by atoms with Gasteiger partial charge in [-0.15, -0.1) is 0 Å². The smallest absolute Gasteiger partial charge is 0.223 e. The van der Waals surface area contributed by atoms with Crippen molar-refractivity contribution in [3.63, 3.8) is 0 Å². The molecular formula is C28H41NO6. The molecule has 1 aromatic rings. The van der Waals surface area contributed by atoms with Crippen LogP contribution in [0.4, 0.5) is 0 Å². The van der Waals surface area contributed by atoms with Gasteiger partial charge in [-0.2, -0.15) is 0 Å². The van der Waals surface area contributed by atoms with E-state index in [2.05, 4.69) is 13.8 Å². The molecule has 2 saturated carbocycles. The minimum Gasteiger partial charge on any atom is -0.488 e. The average molecular weight is 488 g/mol. The van der Waals surface area contributed by atoms with E-state index in [0.717, 1.165) is 37.9 Å². The van der Waals surface area contributed by atoms with E-state index in [9.17, 15) is 15.0 Å². The number of para-hydroxylation sites is 1. The molecule has 2 heterocycles. The molecule has 0 radical (unpaired) electrons. The fraction of sp³-hybridized carbons (Fsp3) is 0.750. The number of ether oxygens (including phenoxy) is 3. The molecule has 2 aliphatic carbocycles. The minimum absolute atomic E-state index is 0.0163. The van der Waals surface area contributed by atoms with Gasteiger partial charge in [-0.3, -0.25) is 4.79 Å². The van der Waals surface area contributed by atoms with E-state index >= 15 is 0 Å². The maximum Gasteiger partial charge on any atom is 0.223 e. The van der Waals surface area contributed by atoms with E-state index in [1.807, 2.05) is 35.2 Å². The van der Waals surface area contributed by atoms with Crippen LogP contribution in [-0.2, 0) is 14.3 Å². The highest BCUT2D eigenvalue weighted by Gasteiger charge is 2.61. The third-order valence-electron chi connectivity index (χ3n) is 9.66. The second-order valence-electron chi connectivity index (χ2n) is 11.6. The van der Waals surface area contributed by atoms with Gasteiger partial charge in [-0.1, -0.05) is 32.0 Å². The van der Waals surface area contributed by atoms with Crippen LogP contribution in [0.1, 0.15) is 58.8 Å². The molecule has 1 amide bonds. The normalized spacial score (nSPS) is 41.2. The van der Waals surface area contributed by atoms with E-state index in [0.29, 0.717) is 38.5 Å². The number of rotatable bonds is 6. The van der Waals surface area contributed by atoms with Crippen molar-refractivity contribution in [1.82, 2.24) is 4.90 Å². The molecule has 0 spiro atoms. The van der Waals surface area contributed by atoms with Crippen LogP contribution in [0.5, 0.6) is 5.75 Å². The Labute approximate surface area is 208 Å². The van der Waals surface area contributed by atoms with Crippen LogP contribution in [-0.4, -0.2) is 71.9 Å². The second-order valence-corrected chi connectivity index (χ2v) is 11.6. The van der Waals surface area contributed by atoms with Crippen molar-refractivity contribution in [2.75, 3.05) is 26.4 Å². The molecule has 1 aromatic carbocycles. The lowest BCUT2D eigenvalue weighted by atomic mass is 9.46. The topological polar surface area (TPSA) is 88.5 Å². The molecule has 7 nitrogen and oxygen atoms in total. The molecule has 4 fully saturated rings. The van der Waals surface area contributed by atoms with Crippen LogP contribution in [0.2, 0.25) is 0 Å². The molecule has 0 bridgehead atoms. The molecule has 0 unspecified atom stereocenters. The molecule has 7 heteroatoms. The van der Waals surface area contributed by atoms with Crippen molar-refractivity contribution in [2.45, 2.75) is 83.3 Å². The molecule has 2 saturated heterocycles. The van der Waals surface area contributed by atoms with Gasteiger partial charge in [0.15, 0.2) is 6.29 Å². The molecule has 8 atom stereocenters. The summed E-state index contributed by atoms with van der Waals surface area (Å²) in [4.78, 5) is 15.1. The van der Waals surface area contributed by atoms with Crippen molar-refractivity contribution in [2.24, 2.45) is 22.7 Å². The van der Waals surface area contributed by atoms with Crippen molar-refractivity contribution < 1.29 is 29.2 Å². The lowest BCUT2D eigenvalue weighted by Crippen LogP contribution is -2.63. The quantitative estimate of drug-likeness (QED) is 0.640. The molecular weight excluding hydrogens is 446 g/mol. The SMILES string of the molecule is C[C@@]12CO[C@@H](COc3ccccc3)O[C@H]1CC[C@]1(C)[C@@H]2CC[C@@H](O)[C@H]1CC(=O)N1CCC[C@H]1CO. The Morgan fingerprint density at radius 2 is 1.94 bits per heavy atom. The highest BCUT2D eigenvalue weighted by atomic mass is 16.7. The summed E-state index contributed by atoms with van der Waals surface area (Å²) in [6.07, 6.45) is 4.76. The van der Waals surface area contributed by atoms with Gasteiger partial charge in [0.1, 0.15) is 12.4 Å². The van der Waals surface area contributed by atoms with Gasteiger partial charge in [0.25, 0.3) is 0 Å².